The smallest absolute Gasteiger partial charge is 0.306 e. The second kappa shape index (κ2) is 8.97. The van der Waals surface area contributed by atoms with Gasteiger partial charge in [0.2, 0.25) is 0 Å². The van der Waals surface area contributed by atoms with E-state index >= 15 is 0 Å². The minimum atomic E-state index is -1.46. The van der Waals surface area contributed by atoms with Crippen molar-refractivity contribution in [2.75, 3.05) is 17.3 Å². The first-order chi connectivity index (χ1) is 12.0. The third-order valence-corrected chi connectivity index (χ3v) is 6.95. The van der Waals surface area contributed by atoms with E-state index in [2.05, 4.69) is 5.32 Å². The van der Waals surface area contributed by atoms with Crippen molar-refractivity contribution in [1.29, 1.82) is 0 Å². The number of thioether (sulfide) groups is 2. The summed E-state index contributed by atoms with van der Waals surface area (Å²) in [6.45, 7) is 0. The van der Waals surface area contributed by atoms with Crippen LogP contribution in [0.5, 0.6) is 0 Å². The number of amides is 1. The molecule has 2 bridgehead atoms. The Balaban J connectivity index is 1.68. The zero-order chi connectivity index (χ0) is 17.7. The third-order valence-electron chi connectivity index (χ3n) is 4.92. The maximum absolute atomic E-state index is 12.1. The van der Waals surface area contributed by atoms with Crippen LogP contribution in [0.15, 0.2) is 0 Å². The SMILES string of the molecule is O=C1CCCCCSCCCC2CC(CC(O)(C3CSC(=O)N3)O2)O1. The lowest BCUT2D eigenvalue weighted by Crippen LogP contribution is -2.58. The molecule has 8 heteroatoms. The monoisotopic (exact) mass is 389 g/mol. The van der Waals surface area contributed by atoms with Crippen LogP contribution in [-0.4, -0.2) is 57.6 Å². The molecule has 0 radical (unpaired) electrons. The van der Waals surface area contributed by atoms with Gasteiger partial charge in [0.15, 0.2) is 5.79 Å². The average Bonchev–Trinajstić information content (AvgIpc) is 2.99. The molecule has 0 aliphatic carbocycles. The average molecular weight is 390 g/mol. The molecule has 1 amide bonds. The van der Waals surface area contributed by atoms with E-state index in [-0.39, 0.29) is 29.8 Å². The molecule has 4 unspecified atom stereocenters. The van der Waals surface area contributed by atoms with Crippen molar-refractivity contribution in [3.8, 4) is 0 Å². The molecule has 3 aliphatic rings. The lowest BCUT2D eigenvalue weighted by Gasteiger charge is -2.43. The standard InChI is InChI=1S/C17H27NO5S2/c19-15-6-2-1-3-7-24-8-4-5-12-9-13(22-15)10-17(21,23-12)14-11-25-16(20)18-14/h12-14,21H,1-11H2,(H,18,20). The summed E-state index contributed by atoms with van der Waals surface area (Å²) in [6, 6.07) is -0.456. The van der Waals surface area contributed by atoms with Gasteiger partial charge in [0, 0.05) is 25.0 Å². The van der Waals surface area contributed by atoms with Gasteiger partial charge in [0.1, 0.15) is 6.10 Å². The third kappa shape index (κ3) is 5.52. The number of rotatable bonds is 1. The van der Waals surface area contributed by atoms with Crippen LogP contribution in [0.25, 0.3) is 0 Å². The Labute approximate surface area is 157 Å². The number of carbonyl (C=O) groups excluding carboxylic acids is 2. The molecule has 3 fully saturated rings. The number of ether oxygens (including phenoxy) is 2. The Morgan fingerprint density at radius 3 is 2.76 bits per heavy atom. The number of hydrogen-bond acceptors (Lipinski definition) is 7. The number of esters is 1. The molecule has 0 aromatic carbocycles. The molecule has 142 valence electrons. The second-order valence-corrected chi connectivity index (χ2v) is 9.21. The first kappa shape index (κ1) is 19.3. The highest BCUT2D eigenvalue weighted by Gasteiger charge is 2.49. The van der Waals surface area contributed by atoms with Crippen molar-refractivity contribution in [3.05, 3.63) is 0 Å². The van der Waals surface area contributed by atoms with Gasteiger partial charge in [0.25, 0.3) is 5.24 Å². The summed E-state index contributed by atoms with van der Waals surface area (Å²) in [4.78, 5) is 23.6. The first-order valence-corrected chi connectivity index (χ1v) is 11.3. The van der Waals surface area contributed by atoms with Crippen molar-refractivity contribution in [2.45, 2.75) is 75.4 Å². The first-order valence-electron chi connectivity index (χ1n) is 9.16. The van der Waals surface area contributed by atoms with Crippen molar-refractivity contribution in [3.63, 3.8) is 0 Å². The molecule has 3 saturated heterocycles. The molecule has 4 atom stereocenters. The highest BCUT2D eigenvalue weighted by molar-refractivity contribution is 8.14. The molecule has 25 heavy (non-hydrogen) atoms. The summed E-state index contributed by atoms with van der Waals surface area (Å²) in [7, 11) is 0. The highest BCUT2D eigenvalue weighted by atomic mass is 32.2. The van der Waals surface area contributed by atoms with E-state index in [4.69, 9.17) is 9.47 Å². The van der Waals surface area contributed by atoms with Crippen LogP contribution in [0.3, 0.4) is 0 Å². The summed E-state index contributed by atoms with van der Waals surface area (Å²) < 4.78 is 11.6. The lowest BCUT2D eigenvalue weighted by molar-refractivity contribution is -0.283. The van der Waals surface area contributed by atoms with Gasteiger partial charge < -0.3 is 19.9 Å². The van der Waals surface area contributed by atoms with Crippen molar-refractivity contribution in [2.24, 2.45) is 0 Å². The molecule has 3 aliphatic heterocycles. The molecule has 2 N–H and O–H groups in total. The maximum Gasteiger partial charge on any atom is 0.306 e. The predicted molar refractivity (Wildman–Crippen MR) is 98.7 cm³/mol. The van der Waals surface area contributed by atoms with E-state index in [9.17, 15) is 14.7 Å². The molecule has 6 nitrogen and oxygen atoms in total. The Hall–Kier alpha value is -0.440. The van der Waals surface area contributed by atoms with Crippen molar-refractivity contribution in [1.82, 2.24) is 5.32 Å². The molecular weight excluding hydrogens is 362 g/mol. The summed E-state index contributed by atoms with van der Waals surface area (Å²) in [5, 5.41) is 13.7. The van der Waals surface area contributed by atoms with E-state index in [0.717, 1.165) is 55.4 Å². The quantitative estimate of drug-likeness (QED) is 0.667. The Bertz CT molecular complexity index is 492. The summed E-state index contributed by atoms with van der Waals surface area (Å²) in [6.07, 6.45) is 5.65. The molecule has 0 aromatic heterocycles. The van der Waals surface area contributed by atoms with Crippen LogP contribution in [0.1, 0.15) is 51.4 Å². The molecule has 3 heterocycles. The summed E-state index contributed by atoms with van der Waals surface area (Å²) >= 11 is 3.10. The number of nitrogens with one attached hydrogen (secondary N) is 1. The molecule has 0 aromatic rings. The fraction of sp³-hybridized carbons (Fsp3) is 0.882. The van der Waals surface area contributed by atoms with Crippen LogP contribution < -0.4 is 5.32 Å². The Kier molecular flexibility index (Phi) is 6.93. The minimum absolute atomic E-state index is 0.142. The van der Waals surface area contributed by atoms with E-state index in [1.807, 2.05) is 11.8 Å². The van der Waals surface area contributed by atoms with Gasteiger partial charge in [-0.1, -0.05) is 18.2 Å². The highest BCUT2D eigenvalue weighted by Crippen LogP contribution is 2.36. The van der Waals surface area contributed by atoms with E-state index in [1.165, 1.54) is 0 Å². The molecule has 3 rings (SSSR count). The topological polar surface area (TPSA) is 84.9 Å². The second-order valence-electron chi connectivity index (χ2n) is 7.00. The van der Waals surface area contributed by atoms with Gasteiger partial charge >= 0.3 is 5.97 Å². The normalized spacial score (nSPS) is 38.5. The Morgan fingerprint density at radius 1 is 1.12 bits per heavy atom. The van der Waals surface area contributed by atoms with Crippen LogP contribution in [-0.2, 0) is 14.3 Å². The van der Waals surface area contributed by atoms with E-state index in [0.29, 0.717) is 18.6 Å². The minimum Gasteiger partial charge on any atom is -0.462 e. The van der Waals surface area contributed by atoms with Gasteiger partial charge in [-0.05, 0) is 37.2 Å². The fourth-order valence-corrected chi connectivity index (χ4v) is 5.49. The number of hydrogen-bond donors (Lipinski definition) is 2. The summed E-state index contributed by atoms with van der Waals surface area (Å²) in [5.74, 6) is 1.02. The van der Waals surface area contributed by atoms with Gasteiger partial charge in [-0.2, -0.15) is 11.8 Å². The van der Waals surface area contributed by atoms with Gasteiger partial charge in [-0.15, -0.1) is 0 Å². The van der Waals surface area contributed by atoms with Crippen LogP contribution in [0, 0.1) is 0 Å². The number of carbonyl (C=O) groups is 2. The van der Waals surface area contributed by atoms with Gasteiger partial charge in [-0.3, -0.25) is 9.59 Å². The van der Waals surface area contributed by atoms with E-state index in [1.54, 1.807) is 0 Å². The van der Waals surface area contributed by atoms with Crippen molar-refractivity contribution >= 4 is 34.7 Å². The van der Waals surface area contributed by atoms with Crippen molar-refractivity contribution < 1.29 is 24.2 Å². The zero-order valence-electron chi connectivity index (χ0n) is 14.4. The molecule has 0 spiro atoms. The Morgan fingerprint density at radius 2 is 1.96 bits per heavy atom. The van der Waals surface area contributed by atoms with Crippen LogP contribution >= 0.6 is 23.5 Å². The predicted octanol–water partition coefficient (Wildman–Crippen LogP) is 2.68. The summed E-state index contributed by atoms with van der Waals surface area (Å²) in [5.41, 5.74) is 0. The molecule has 0 saturated carbocycles. The van der Waals surface area contributed by atoms with Gasteiger partial charge in [-0.25, -0.2) is 0 Å². The fourth-order valence-electron chi connectivity index (χ4n) is 3.62. The zero-order valence-corrected chi connectivity index (χ0v) is 16.0. The van der Waals surface area contributed by atoms with Crippen LogP contribution in [0.2, 0.25) is 0 Å². The number of fused-ring (bicyclic) bond motifs is 2. The lowest BCUT2D eigenvalue weighted by atomic mass is 9.92. The largest absolute Gasteiger partial charge is 0.462 e. The van der Waals surface area contributed by atoms with Crippen LogP contribution in [0.4, 0.5) is 4.79 Å². The van der Waals surface area contributed by atoms with Gasteiger partial charge in [0.05, 0.1) is 12.1 Å². The number of aliphatic hydroxyl groups is 1. The maximum atomic E-state index is 12.1. The van der Waals surface area contributed by atoms with E-state index < -0.39 is 11.8 Å². The molecular formula is C17H27NO5S2.